The molecule has 1 amide bonds. The lowest BCUT2D eigenvalue weighted by Gasteiger charge is -2.25. The Balaban J connectivity index is 1.67. The molecule has 1 fully saturated rings. The molecule has 2 heterocycles. The fourth-order valence-electron chi connectivity index (χ4n) is 2.18. The van der Waals surface area contributed by atoms with Gasteiger partial charge in [0.1, 0.15) is 0 Å². The summed E-state index contributed by atoms with van der Waals surface area (Å²) in [6.07, 6.45) is 1.79. The number of amides is 1. The Kier molecular flexibility index (Phi) is 3.74. The van der Waals surface area contributed by atoms with Crippen LogP contribution in [0.2, 0.25) is 0 Å². The number of hydrogen-bond donors (Lipinski definition) is 2. The first-order valence-electron chi connectivity index (χ1n) is 6.82. The van der Waals surface area contributed by atoms with Crippen molar-refractivity contribution in [2.24, 2.45) is 5.92 Å². The monoisotopic (exact) mass is 267 g/mol. The Morgan fingerprint density at radius 2 is 2.15 bits per heavy atom. The van der Waals surface area contributed by atoms with Gasteiger partial charge in [-0.1, -0.05) is 24.3 Å². The van der Waals surface area contributed by atoms with Crippen LogP contribution in [0.1, 0.15) is 5.56 Å². The minimum atomic E-state index is 0.131. The molecule has 4 nitrogen and oxygen atoms in total. The maximum atomic E-state index is 11.8. The van der Waals surface area contributed by atoms with Gasteiger partial charge in [-0.15, -0.1) is 0 Å². The van der Waals surface area contributed by atoms with Crippen LogP contribution in [0.25, 0.3) is 11.3 Å². The number of carbonyl (C=O) groups excluding carboxylic acids is 1. The predicted octanol–water partition coefficient (Wildman–Crippen LogP) is 1.58. The molecular weight excluding hydrogens is 250 g/mol. The fraction of sp³-hybridized carbons (Fsp3) is 0.250. The topological polar surface area (TPSA) is 54.0 Å². The second-order valence-electron chi connectivity index (χ2n) is 4.99. The molecule has 1 aromatic carbocycles. The number of nitrogens with one attached hydrogen (secondary N) is 2. The van der Waals surface area contributed by atoms with Gasteiger partial charge in [-0.25, -0.2) is 0 Å². The SMILES string of the molecule is O=C(NCc1cccc(-c2ccccn2)c1)C1CNC1. The molecule has 0 radical (unpaired) electrons. The summed E-state index contributed by atoms with van der Waals surface area (Å²) in [4.78, 5) is 16.1. The Bertz CT molecular complexity index is 594. The number of nitrogens with zero attached hydrogens (tertiary/aromatic N) is 1. The van der Waals surface area contributed by atoms with Crippen molar-refractivity contribution in [1.29, 1.82) is 0 Å². The van der Waals surface area contributed by atoms with Gasteiger partial charge in [0.2, 0.25) is 5.91 Å². The predicted molar refractivity (Wildman–Crippen MR) is 77.9 cm³/mol. The Labute approximate surface area is 118 Å². The second-order valence-corrected chi connectivity index (χ2v) is 4.99. The van der Waals surface area contributed by atoms with Crippen LogP contribution >= 0.6 is 0 Å². The van der Waals surface area contributed by atoms with Gasteiger partial charge in [0.15, 0.2) is 0 Å². The van der Waals surface area contributed by atoms with Crippen LogP contribution in [0.5, 0.6) is 0 Å². The molecule has 1 aliphatic rings. The number of pyridine rings is 1. The highest BCUT2D eigenvalue weighted by molar-refractivity contribution is 5.80. The van der Waals surface area contributed by atoms with Crippen molar-refractivity contribution >= 4 is 5.91 Å². The van der Waals surface area contributed by atoms with Gasteiger partial charge in [-0.05, 0) is 23.8 Å². The molecule has 0 aliphatic carbocycles. The summed E-state index contributed by atoms with van der Waals surface area (Å²) in [5, 5.41) is 6.08. The van der Waals surface area contributed by atoms with E-state index in [0.29, 0.717) is 6.54 Å². The maximum absolute atomic E-state index is 11.8. The second kappa shape index (κ2) is 5.84. The molecule has 0 unspecified atom stereocenters. The first-order chi connectivity index (χ1) is 9.83. The number of carbonyl (C=O) groups is 1. The van der Waals surface area contributed by atoms with Crippen LogP contribution in [0.15, 0.2) is 48.7 Å². The largest absolute Gasteiger partial charge is 0.352 e. The number of benzene rings is 1. The Hall–Kier alpha value is -2.20. The molecule has 1 aromatic heterocycles. The molecule has 3 rings (SSSR count). The zero-order valence-corrected chi connectivity index (χ0v) is 11.2. The average Bonchev–Trinajstić information content (AvgIpc) is 2.45. The van der Waals surface area contributed by atoms with Crippen molar-refractivity contribution in [3.63, 3.8) is 0 Å². The minimum Gasteiger partial charge on any atom is -0.352 e. The molecule has 2 N–H and O–H groups in total. The van der Waals surface area contributed by atoms with Crippen molar-refractivity contribution in [2.45, 2.75) is 6.54 Å². The lowest BCUT2D eigenvalue weighted by Crippen LogP contribution is -2.50. The van der Waals surface area contributed by atoms with E-state index in [2.05, 4.69) is 21.7 Å². The van der Waals surface area contributed by atoms with E-state index in [1.165, 1.54) is 0 Å². The van der Waals surface area contributed by atoms with Crippen LogP contribution in [0.4, 0.5) is 0 Å². The van der Waals surface area contributed by atoms with Crippen LogP contribution < -0.4 is 10.6 Å². The molecular formula is C16H17N3O. The van der Waals surface area contributed by atoms with Crippen molar-refractivity contribution in [3.8, 4) is 11.3 Å². The highest BCUT2D eigenvalue weighted by atomic mass is 16.2. The molecule has 2 aromatic rings. The summed E-state index contributed by atoms with van der Waals surface area (Å²) in [5.74, 6) is 0.265. The number of rotatable bonds is 4. The smallest absolute Gasteiger partial charge is 0.225 e. The van der Waals surface area contributed by atoms with Gasteiger partial charge in [0, 0.05) is 31.4 Å². The van der Waals surface area contributed by atoms with E-state index in [0.717, 1.165) is 29.9 Å². The van der Waals surface area contributed by atoms with Crippen molar-refractivity contribution in [1.82, 2.24) is 15.6 Å². The summed E-state index contributed by atoms with van der Waals surface area (Å²) in [6.45, 7) is 2.15. The summed E-state index contributed by atoms with van der Waals surface area (Å²) in [5.41, 5.74) is 3.11. The molecule has 0 bridgehead atoms. The molecule has 0 spiro atoms. The minimum absolute atomic E-state index is 0.131. The third kappa shape index (κ3) is 2.86. The average molecular weight is 267 g/mol. The zero-order chi connectivity index (χ0) is 13.8. The summed E-state index contributed by atoms with van der Waals surface area (Å²) in [7, 11) is 0. The number of hydrogen-bond acceptors (Lipinski definition) is 3. The lowest BCUT2D eigenvalue weighted by atomic mass is 10.0. The van der Waals surface area contributed by atoms with Gasteiger partial charge in [0.25, 0.3) is 0 Å². The Morgan fingerprint density at radius 3 is 2.85 bits per heavy atom. The van der Waals surface area contributed by atoms with E-state index in [1.54, 1.807) is 6.20 Å². The highest BCUT2D eigenvalue weighted by Gasteiger charge is 2.24. The van der Waals surface area contributed by atoms with Gasteiger partial charge in [0.05, 0.1) is 11.6 Å². The Morgan fingerprint density at radius 1 is 1.25 bits per heavy atom. The van der Waals surface area contributed by atoms with Gasteiger partial charge >= 0.3 is 0 Å². The van der Waals surface area contributed by atoms with E-state index < -0.39 is 0 Å². The van der Waals surface area contributed by atoms with Crippen molar-refractivity contribution < 1.29 is 4.79 Å². The highest BCUT2D eigenvalue weighted by Crippen LogP contribution is 2.17. The standard InChI is InChI=1S/C16H17N3O/c20-16(14-10-17-11-14)19-9-12-4-3-5-13(8-12)15-6-1-2-7-18-15/h1-8,14,17H,9-11H2,(H,19,20). The molecule has 4 heteroatoms. The summed E-state index contributed by atoms with van der Waals surface area (Å²) >= 11 is 0. The van der Waals surface area contributed by atoms with Gasteiger partial charge < -0.3 is 10.6 Å². The van der Waals surface area contributed by atoms with Gasteiger partial charge in [-0.2, -0.15) is 0 Å². The van der Waals surface area contributed by atoms with Crippen molar-refractivity contribution in [3.05, 3.63) is 54.2 Å². The van der Waals surface area contributed by atoms with Crippen LogP contribution in [-0.2, 0) is 11.3 Å². The quantitative estimate of drug-likeness (QED) is 0.884. The summed E-state index contributed by atoms with van der Waals surface area (Å²) < 4.78 is 0. The zero-order valence-electron chi connectivity index (χ0n) is 11.2. The van der Waals surface area contributed by atoms with Crippen LogP contribution in [0, 0.1) is 5.92 Å². The lowest BCUT2D eigenvalue weighted by molar-refractivity contribution is -0.126. The normalized spacial score (nSPS) is 14.6. The molecule has 1 saturated heterocycles. The first-order valence-corrected chi connectivity index (χ1v) is 6.82. The van der Waals surface area contributed by atoms with E-state index in [1.807, 2.05) is 36.4 Å². The maximum Gasteiger partial charge on any atom is 0.225 e. The summed E-state index contributed by atoms with van der Waals surface area (Å²) in [6, 6.07) is 14.0. The molecule has 1 aliphatic heterocycles. The van der Waals surface area contributed by atoms with E-state index in [9.17, 15) is 4.79 Å². The molecule has 20 heavy (non-hydrogen) atoms. The van der Waals surface area contributed by atoms with E-state index in [4.69, 9.17) is 0 Å². The molecule has 102 valence electrons. The van der Waals surface area contributed by atoms with E-state index in [-0.39, 0.29) is 11.8 Å². The first kappa shape index (κ1) is 12.8. The molecule has 0 atom stereocenters. The van der Waals surface area contributed by atoms with E-state index >= 15 is 0 Å². The fourth-order valence-corrected chi connectivity index (χ4v) is 2.18. The van der Waals surface area contributed by atoms with Crippen LogP contribution in [0.3, 0.4) is 0 Å². The van der Waals surface area contributed by atoms with Gasteiger partial charge in [-0.3, -0.25) is 9.78 Å². The third-order valence-corrected chi connectivity index (χ3v) is 3.51. The molecule has 0 saturated carbocycles. The van der Waals surface area contributed by atoms with Crippen molar-refractivity contribution in [2.75, 3.05) is 13.1 Å². The third-order valence-electron chi connectivity index (χ3n) is 3.51. The number of aromatic nitrogens is 1. The van der Waals surface area contributed by atoms with Crippen LogP contribution in [-0.4, -0.2) is 24.0 Å².